The Kier molecular flexibility index (Phi) is 3.03. The molecule has 1 aliphatic rings. The van der Waals surface area contributed by atoms with Gasteiger partial charge in [0.1, 0.15) is 10.8 Å². The Hall–Kier alpha value is -1.07. The molecule has 0 N–H and O–H groups in total. The molecule has 2 nitrogen and oxygen atoms in total. The molecular weight excluding hydrogens is 317 g/mol. The van der Waals surface area contributed by atoms with Crippen molar-refractivity contribution in [3.63, 3.8) is 0 Å². The summed E-state index contributed by atoms with van der Waals surface area (Å²) in [7, 11) is 0. The predicted molar refractivity (Wildman–Crippen MR) is 72.5 cm³/mol. The summed E-state index contributed by atoms with van der Waals surface area (Å²) in [4.78, 5) is 16.9. The molecule has 1 heterocycles. The second kappa shape index (κ2) is 4.55. The van der Waals surface area contributed by atoms with Crippen molar-refractivity contribution in [1.82, 2.24) is 4.98 Å². The van der Waals surface area contributed by atoms with Crippen LogP contribution in [-0.4, -0.2) is 10.8 Å². The molecule has 2 aromatic rings. The van der Waals surface area contributed by atoms with E-state index in [-0.39, 0.29) is 11.6 Å². The van der Waals surface area contributed by atoms with Gasteiger partial charge in [-0.3, -0.25) is 4.79 Å². The van der Waals surface area contributed by atoms with Gasteiger partial charge in [-0.1, -0.05) is 15.9 Å². The van der Waals surface area contributed by atoms with Gasteiger partial charge in [-0.15, -0.1) is 11.3 Å². The van der Waals surface area contributed by atoms with Crippen LogP contribution in [0.4, 0.5) is 4.39 Å². The highest BCUT2D eigenvalue weighted by Gasteiger charge is 2.23. The van der Waals surface area contributed by atoms with Crippen LogP contribution >= 0.6 is 27.3 Å². The summed E-state index contributed by atoms with van der Waals surface area (Å²) in [6.45, 7) is 0. The molecule has 0 fully saturated rings. The normalized spacial score (nSPS) is 14.7. The minimum atomic E-state index is -0.309. The summed E-state index contributed by atoms with van der Waals surface area (Å²) in [6, 6.07) is 4.75. The van der Waals surface area contributed by atoms with Crippen LogP contribution in [0.5, 0.6) is 0 Å². The number of hydrogen-bond donors (Lipinski definition) is 0. The Morgan fingerprint density at radius 3 is 2.94 bits per heavy atom. The first-order valence-corrected chi connectivity index (χ1v) is 7.24. The predicted octanol–water partition coefficient (Wildman–Crippen LogP) is 4.23. The van der Waals surface area contributed by atoms with Gasteiger partial charge in [-0.25, -0.2) is 9.37 Å². The summed E-state index contributed by atoms with van der Waals surface area (Å²) in [5, 5.41) is 0.592. The number of ketones is 1. The number of aromatic nitrogens is 1. The van der Waals surface area contributed by atoms with E-state index in [1.54, 1.807) is 12.1 Å². The van der Waals surface area contributed by atoms with Gasteiger partial charge in [-0.2, -0.15) is 0 Å². The maximum atomic E-state index is 13.8. The Labute approximate surface area is 116 Å². The lowest BCUT2D eigenvalue weighted by Crippen LogP contribution is -2.07. The summed E-state index contributed by atoms with van der Waals surface area (Å²) in [5.41, 5.74) is 1.28. The van der Waals surface area contributed by atoms with Gasteiger partial charge in [0.05, 0.1) is 10.6 Å². The lowest BCUT2D eigenvalue weighted by Gasteiger charge is -2.06. The molecule has 0 atom stereocenters. The summed E-state index contributed by atoms with van der Waals surface area (Å²) in [5.74, 6) is -0.174. The van der Waals surface area contributed by atoms with Crippen LogP contribution in [0.25, 0.3) is 10.6 Å². The number of thiazole rings is 1. The SMILES string of the molecule is O=C1CCCc2nc(-c3cc(Br)ccc3F)sc21. The van der Waals surface area contributed by atoms with Crippen molar-refractivity contribution in [2.45, 2.75) is 19.3 Å². The largest absolute Gasteiger partial charge is 0.293 e. The van der Waals surface area contributed by atoms with Crippen molar-refractivity contribution in [2.75, 3.05) is 0 Å². The molecule has 5 heteroatoms. The molecule has 0 aliphatic heterocycles. The van der Waals surface area contributed by atoms with Gasteiger partial charge in [0.15, 0.2) is 5.78 Å². The Morgan fingerprint density at radius 1 is 1.33 bits per heavy atom. The van der Waals surface area contributed by atoms with Gasteiger partial charge in [0, 0.05) is 16.5 Å². The number of Topliss-reactive ketones (excluding diaryl/α,β-unsaturated/α-hetero) is 1. The molecule has 0 amide bonds. The first-order chi connectivity index (χ1) is 8.65. The second-order valence-corrected chi connectivity index (χ2v) is 6.11. The molecule has 18 heavy (non-hydrogen) atoms. The first-order valence-electron chi connectivity index (χ1n) is 5.63. The average molecular weight is 326 g/mol. The number of aryl methyl sites for hydroxylation is 1. The molecule has 0 saturated heterocycles. The third-order valence-corrected chi connectivity index (χ3v) is 4.59. The van der Waals surface area contributed by atoms with Crippen LogP contribution < -0.4 is 0 Å². The van der Waals surface area contributed by atoms with Crippen LogP contribution in [0, 0.1) is 5.82 Å². The van der Waals surface area contributed by atoms with E-state index in [9.17, 15) is 9.18 Å². The molecule has 0 bridgehead atoms. The number of benzene rings is 1. The lowest BCUT2D eigenvalue weighted by atomic mass is 10.0. The van der Waals surface area contributed by atoms with Crippen LogP contribution in [0.2, 0.25) is 0 Å². The van der Waals surface area contributed by atoms with E-state index in [1.165, 1.54) is 17.4 Å². The Balaban J connectivity index is 2.13. The number of rotatable bonds is 1. The lowest BCUT2D eigenvalue weighted by molar-refractivity contribution is 0.0976. The van der Waals surface area contributed by atoms with Crippen LogP contribution in [-0.2, 0) is 6.42 Å². The van der Waals surface area contributed by atoms with Gasteiger partial charge < -0.3 is 0 Å². The molecule has 1 aromatic heterocycles. The van der Waals surface area contributed by atoms with E-state index in [1.807, 2.05) is 0 Å². The summed E-state index contributed by atoms with van der Waals surface area (Å²) >= 11 is 4.62. The highest BCUT2D eigenvalue weighted by Crippen LogP contribution is 2.34. The van der Waals surface area contributed by atoms with E-state index in [0.29, 0.717) is 21.9 Å². The third kappa shape index (κ3) is 2.01. The molecule has 1 aromatic carbocycles. The molecular formula is C13H9BrFNOS. The van der Waals surface area contributed by atoms with Crippen molar-refractivity contribution in [2.24, 2.45) is 0 Å². The van der Waals surface area contributed by atoms with E-state index >= 15 is 0 Å². The van der Waals surface area contributed by atoms with E-state index in [2.05, 4.69) is 20.9 Å². The molecule has 3 rings (SSSR count). The van der Waals surface area contributed by atoms with E-state index in [0.717, 1.165) is 23.0 Å². The fourth-order valence-electron chi connectivity index (χ4n) is 2.05. The molecule has 0 saturated carbocycles. The monoisotopic (exact) mass is 325 g/mol. The summed E-state index contributed by atoms with van der Waals surface area (Å²) < 4.78 is 14.6. The molecule has 0 spiro atoms. The maximum absolute atomic E-state index is 13.8. The van der Waals surface area contributed by atoms with Crippen LogP contribution in [0.15, 0.2) is 22.7 Å². The highest BCUT2D eigenvalue weighted by molar-refractivity contribution is 9.10. The van der Waals surface area contributed by atoms with Crippen molar-refractivity contribution < 1.29 is 9.18 Å². The van der Waals surface area contributed by atoms with Crippen molar-refractivity contribution in [1.29, 1.82) is 0 Å². The maximum Gasteiger partial charge on any atom is 0.174 e. The zero-order valence-electron chi connectivity index (χ0n) is 9.37. The van der Waals surface area contributed by atoms with Crippen LogP contribution in [0.3, 0.4) is 0 Å². The van der Waals surface area contributed by atoms with Crippen molar-refractivity contribution >= 4 is 33.0 Å². The molecule has 92 valence electrons. The topological polar surface area (TPSA) is 30.0 Å². The van der Waals surface area contributed by atoms with Crippen molar-refractivity contribution in [3.05, 3.63) is 39.1 Å². The quantitative estimate of drug-likeness (QED) is 0.785. The number of hydrogen-bond acceptors (Lipinski definition) is 3. The van der Waals surface area contributed by atoms with Gasteiger partial charge >= 0.3 is 0 Å². The zero-order valence-corrected chi connectivity index (χ0v) is 11.8. The Morgan fingerprint density at radius 2 is 2.17 bits per heavy atom. The standard InChI is InChI=1S/C13H9BrFNOS/c14-7-4-5-9(15)8(6-7)13-16-10-2-1-3-11(17)12(10)18-13/h4-6H,1-3H2. The van der Waals surface area contributed by atoms with Crippen molar-refractivity contribution in [3.8, 4) is 10.6 Å². The van der Waals surface area contributed by atoms with Gasteiger partial charge in [0.2, 0.25) is 0 Å². The second-order valence-electron chi connectivity index (χ2n) is 4.20. The number of carbonyl (C=O) groups excluding carboxylic acids is 1. The number of carbonyl (C=O) groups is 1. The van der Waals surface area contributed by atoms with E-state index < -0.39 is 0 Å². The fraction of sp³-hybridized carbons (Fsp3) is 0.231. The summed E-state index contributed by atoms with van der Waals surface area (Å²) in [6.07, 6.45) is 2.23. The average Bonchev–Trinajstić information content (AvgIpc) is 2.77. The number of fused-ring (bicyclic) bond motifs is 1. The minimum Gasteiger partial charge on any atom is -0.293 e. The molecule has 1 aliphatic carbocycles. The molecule has 0 unspecified atom stereocenters. The minimum absolute atomic E-state index is 0.135. The fourth-order valence-corrected chi connectivity index (χ4v) is 3.50. The first kappa shape index (κ1) is 12.0. The zero-order chi connectivity index (χ0) is 12.7. The highest BCUT2D eigenvalue weighted by atomic mass is 79.9. The Bertz CT molecular complexity index is 638. The van der Waals surface area contributed by atoms with E-state index in [4.69, 9.17) is 0 Å². The smallest absolute Gasteiger partial charge is 0.174 e. The molecule has 0 radical (unpaired) electrons. The van der Waals surface area contributed by atoms with Gasteiger partial charge in [0.25, 0.3) is 0 Å². The van der Waals surface area contributed by atoms with Gasteiger partial charge in [-0.05, 0) is 31.0 Å². The third-order valence-electron chi connectivity index (χ3n) is 2.93. The number of nitrogens with zero attached hydrogens (tertiary/aromatic N) is 1. The van der Waals surface area contributed by atoms with Crippen LogP contribution in [0.1, 0.15) is 28.2 Å². The number of halogens is 2.